The van der Waals surface area contributed by atoms with Crippen LogP contribution in [0.15, 0.2) is 137 Å². The van der Waals surface area contributed by atoms with Gasteiger partial charge in [-0.3, -0.25) is 0 Å². The third kappa shape index (κ3) is 3.71. The summed E-state index contributed by atoms with van der Waals surface area (Å²) in [4.78, 5) is 32.3. The number of nitrogens with zero attached hydrogens (tertiary/aromatic N) is 1. The molecule has 6 aromatic rings. The van der Waals surface area contributed by atoms with Crippen molar-refractivity contribution < 1.29 is 9.59 Å². The number of carbonyl (C=O) groups is 2. The van der Waals surface area contributed by atoms with E-state index in [1.807, 2.05) is 16.0 Å². The second kappa shape index (κ2) is 10.1. The molecule has 0 saturated carbocycles. The van der Waals surface area contributed by atoms with Gasteiger partial charge in [-0.05, 0) is 0 Å². The molecule has 0 amide bonds. The Morgan fingerprint density at radius 3 is 1.62 bits per heavy atom. The van der Waals surface area contributed by atoms with Crippen molar-refractivity contribution in [2.24, 2.45) is 0 Å². The van der Waals surface area contributed by atoms with Gasteiger partial charge in [0.05, 0.1) is 0 Å². The van der Waals surface area contributed by atoms with Gasteiger partial charge in [-0.25, -0.2) is 0 Å². The van der Waals surface area contributed by atoms with Crippen molar-refractivity contribution in [2.75, 3.05) is 4.90 Å². The van der Waals surface area contributed by atoms with Gasteiger partial charge in [0.15, 0.2) is 0 Å². The number of hydrogen-bond donors (Lipinski definition) is 0. The Labute approximate surface area is 256 Å². The normalized spacial score (nSPS) is 14.9. The van der Waals surface area contributed by atoms with Crippen molar-refractivity contribution in [1.29, 1.82) is 0 Å². The fraction of sp³-hybridized carbons (Fsp3) is 0. The van der Waals surface area contributed by atoms with Crippen LogP contribution in [0.25, 0.3) is 6.08 Å². The number of carbonyl (C=O) groups excluding carboxylic acids is 2. The first-order valence-corrected chi connectivity index (χ1v) is 19.4. The number of ketones is 2. The number of hydrogen-bond acceptors (Lipinski definition) is 3. The Hall–Kier alpha value is -4.02. The summed E-state index contributed by atoms with van der Waals surface area (Å²) in [5, 5.41) is 5.44. The number of rotatable bonds is 4. The second-order valence-electron chi connectivity index (χ2n) is 10.4. The summed E-state index contributed by atoms with van der Waals surface area (Å²) in [6, 6.07) is 44.0. The summed E-state index contributed by atoms with van der Waals surface area (Å²) in [7, 11) is -2.64. The van der Waals surface area contributed by atoms with Crippen LogP contribution < -0.4 is 25.6 Å². The Morgan fingerprint density at radius 2 is 1.07 bits per heavy atom. The van der Waals surface area contributed by atoms with E-state index in [0.29, 0.717) is 16.7 Å². The molecule has 1 aliphatic carbocycles. The topological polar surface area (TPSA) is 37.4 Å². The number of allylic oxidation sites excluding steroid dienone is 1. The van der Waals surface area contributed by atoms with E-state index in [1.165, 1.54) is 36.7 Å². The fourth-order valence-electron chi connectivity index (χ4n) is 6.50. The van der Waals surface area contributed by atoms with Crippen LogP contribution in [-0.2, 0) is 0 Å². The monoisotopic (exact) mass is 689 g/mol. The molecule has 3 heterocycles. The van der Waals surface area contributed by atoms with Gasteiger partial charge < -0.3 is 0 Å². The Morgan fingerprint density at radius 1 is 0.571 bits per heavy atom. The van der Waals surface area contributed by atoms with E-state index in [-0.39, 0.29) is 40.6 Å². The Kier molecular flexibility index (Phi) is 6.15. The first-order chi connectivity index (χ1) is 20.7. The summed E-state index contributed by atoms with van der Waals surface area (Å²) in [6.07, 6.45) is 1.84. The van der Waals surface area contributed by atoms with Crippen LogP contribution in [0.1, 0.15) is 25.2 Å². The van der Waals surface area contributed by atoms with Crippen LogP contribution in [0.3, 0.4) is 0 Å². The van der Waals surface area contributed by atoms with Crippen LogP contribution in [-0.4, -0.2) is 48.6 Å². The van der Waals surface area contributed by atoms with Gasteiger partial charge >= 0.3 is 258 Å². The quantitative estimate of drug-likeness (QED) is 0.156. The molecule has 2 aromatic heterocycles. The number of anilines is 3. The third-order valence-corrected chi connectivity index (χ3v) is 16.8. The molecule has 0 saturated heterocycles. The zero-order valence-electron chi connectivity index (χ0n) is 22.4. The van der Waals surface area contributed by atoms with Gasteiger partial charge in [-0.2, -0.15) is 0 Å². The van der Waals surface area contributed by atoms with Gasteiger partial charge in [0, 0.05) is 0 Å². The van der Waals surface area contributed by atoms with Crippen LogP contribution in [0.2, 0.25) is 0 Å². The molecule has 3 nitrogen and oxygen atoms in total. The molecule has 200 valence electrons. The molecule has 0 fully saturated rings. The molecule has 0 bridgehead atoms. The van der Waals surface area contributed by atoms with Crippen LogP contribution in [0.4, 0.5) is 15.9 Å². The van der Waals surface area contributed by atoms with Crippen LogP contribution >= 0.6 is 0 Å². The molecule has 2 aliphatic rings. The van der Waals surface area contributed by atoms with Crippen molar-refractivity contribution in [1.82, 2.24) is 0 Å². The van der Waals surface area contributed by atoms with E-state index in [9.17, 15) is 9.59 Å². The molecule has 0 spiro atoms. The summed E-state index contributed by atoms with van der Waals surface area (Å²) in [5.74, 6) is -0.239. The van der Waals surface area contributed by atoms with Crippen LogP contribution in [0.5, 0.6) is 0 Å². The van der Waals surface area contributed by atoms with Gasteiger partial charge in [0.2, 0.25) is 0 Å². The molecule has 42 heavy (non-hydrogen) atoms. The molecule has 0 atom stereocenters. The molecule has 1 aliphatic heterocycles. The number of para-hydroxylation sites is 2. The molecular weight excluding hydrogens is 664 g/mol. The van der Waals surface area contributed by atoms with E-state index in [4.69, 9.17) is 0 Å². The molecule has 8 rings (SSSR count). The predicted molar refractivity (Wildman–Crippen MR) is 175 cm³/mol. The third-order valence-electron chi connectivity index (χ3n) is 8.27. The molecular formula is C36H23NO2Se2Si. The summed E-state index contributed by atoms with van der Waals surface area (Å²) >= 11 is 0.0269. The average Bonchev–Trinajstić information content (AvgIpc) is 3.77. The fourth-order valence-corrected chi connectivity index (χ4v) is 15.4. The zero-order chi connectivity index (χ0) is 28.3. The maximum atomic E-state index is 13.0. The minimum atomic E-state index is -2.64. The van der Waals surface area contributed by atoms with E-state index >= 15 is 0 Å². The summed E-state index contributed by atoms with van der Waals surface area (Å²) < 4.78 is 2.23. The van der Waals surface area contributed by atoms with Gasteiger partial charge in [-0.1, -0.05) is 0 Å². The number of benzene rings is 4. The van der Waals surface area contributed by atoms with Crippen molar-refractivity contribution >= 4 is 91.4 Å². The average molecular weight is 688 g/mol. The SMILES string of the molecule is O=C1C(=Cc2ccc(N3c4ccccc4[Si](c4ccccc4)(c4ccccc4)c4ccccc43)[se]2)C(=O)c2c[se]cc21. The van der Waals surface area contributed by atoms with Crippen molar-refractivity contribution in [3.8, 4) is 0 Å². The first kappa shape index (κ1) is 25.7. The van der Waals surface area contributed by atoms with Gasteiger partial charge in [-0.15, -0.1) is 0 Å². The second-order valence-corrected chi connectivity index (χ2v) is 18.0. The van der Waals surface area contributed by atoms with E-state index < -0.39 is 8.07 Å². The number of fused-ring (bicyclic) bond motifs is 3. The molecule has 0 N–H and O–H groups in total. The Bertz CT molecular complexity index is 1920. The zero-order valence-corrected chi connectivity index (χ0v) is 26.8. The Balaban J connectivity index is 1.33. The minimum absolute atomic E-state index is 0.0841. The van der Waals surface area contributed by atoms with Crippen LogP contribution in [0, 0.1) is 0 Å². The van der Waals surface area contributed by atoms with E-state index in [0.717, 1.165) is 4.44 Å². The number of Topliss-reactive ketones (excluding diaryl/α,β-unsaturated/α-hetero) is 2. The van der Waals surface area contributed by atoms with E-state index in [1.54, 1.807) is 0 Å². The van der Waals surface area contributed by atoms with Gasteiger partial charge in [0.25, 0.3) is 0 Å². The van der Waals surface area contributed by atoms with Crippen molar-refractivity contribution in [2.45, 2.75) is 0 Å². The predicted octanol–water partition coefficient (Wildman–Crippen LogP) is 4.42. The summed E-state index contributed by atoms with van der Waals surface area (Å²) in [5.41, 5.74) is 3.92. The summed E-state index contributed by atoms with van der Waals surface area (Å²) in [6.45, 7) is 0. The first-order valence-electron chi connectivity index (χ1n) is 13.8. The van der Waals surface area contributed by atoms with Crippen molar-refractivity contribution in [3.63, 3.8) is 0 Å². The van der Waals surface area contributed by atoms with E-state index in [2.05, 4.69) is 126 Å². The molecule has 6 heteroatoms. The molecule has 4 aromatic carbocycles. The van der Waals surface area contributed by atoms with Gasteiger partial charge in [0.1, 0.15) is 0 Å². The molecule has 0 radical (unpaired) electrons. The van der Waals surface area contributed by atoms with Crippen molar-refractivity contribution in [3.05, 3.63) is 152 Å². The maximum absolute atomic E-state index is 13.0. The molecule has 0 unspecified atom stereocenters. The standard InChI is InChI=1S/C36H23NO2Se2Si/c38-35-27(36(39)29-23-40-22-28(29)35)21-24-19-20-34(41-24)37-30-15-7-9-17-32(30)42(25-11-3-1-4-12-25,26-13-5-2-6-14-26)33-18-10-8-16-31(33)37/h1-23H.